The van der Waals surface area contributed by atoms with Gasteiger partial charge in [-0.25, -0.2) is 9.59 Å². The standard InChI is InChI=1S/C30H28O16/c1-30(40,10-22(32)33)11-24(35)41-12-21-25(36)26(37)27(38)29(46-21)45-19-9-18-14(6-16(19)31)7-20(28(39)44-18)42-15-4-2-13-3-5-23(34)43-17(13)8-15/h2-9,21,25-27,29,31,36-38,40H,10-12H2,1H3,(H,32,33). The van der Waals surface area contributed by atoms with Crippen molar-refractivity contribution >= 4 is 33.9 Å². The van der Waals surface area contributed by atoms with Crippen molar-refractivity contribution in [2.75, 3.05) is 6.61 Å². The van der Waals surface area contributed by atoms with Crippen LogP contribution >= 0.6 is 0 Å². The molecule has 1 aliphatic rings. The number of esters is 1. The van der Waals surface area contributed by atoms with Gasteiger partial charge in [0.1, 0.15) is 47.9 Å². The van der Waals surface area contributed by atoms with E-state index in [9.17, 15) is 44.7 Å². The average molecular weight is 645 g/mol. The molecule has 16 nitrogen and oxygen atoms in total. The number of benzene rings is 2. The Morgan fingerprint density at radius 2 is 1.59 bits per heavy atom. The summed E-state index contributed by atoms with van der Waals surface area (Å²) >= 11 is 0. The summed E-state index contributed by atoms with van der Waals surface area (Å²) in [5, 5.41) is 61.5. The number of carboxylic acids is 1. The monoisotopic (exact) mass is 644 g/mol. The molecule has 0 bridgehead atoms. The predicted octanol–water partition coefficient (Wildman–Crippen LogP) is 0.743. The van der Waals surface area contributed by atoms with Crippen LogP contribution in [0, 0.1) is 0 Å². The summed E-state index contributed by atoms with van der Waals surface area (Å²) in [6.45, 7) is 0.439. The average Bonchev–Trinajstić information content (AvgIpc) is 2.96. The Labute approximate surface area is 257 Å². The summed E-state index contributed by atoms with van der Waals surface area (Å²) in [4.78, 5) is 47.2. The number of hydrogen-bond donors (Lipinski definition) is 6. The highest BCUT2D eigenvalue weighted by Gasteiger charge is 2.46. The quantitative estimate of drug-likeness (QED) is 0.103. The first-order valence-corrected chi connectivity index (χ1v) is 13.7. The van der Waals surface area contributed by atoms with E-state index in [1.807, 2.05) is 0 Å². The third-order valence-corrected chi connectivity index (χ3v) is 6.98. The summed E-state index contributed by atoms with van der Waals surface area (Å²) in [6.07, 6.45) is -10.1. The van der Waals surface area contributed by atoms with Gasteiger partial charge in [-0.05, 0) is 37.3 Å². The summed E-state index contributed by atoms with van der Waals surface area (Å²) in [7, 11) is 0. The third kappa shape index (κ3) is 7.27. The Hall–Kier alpha value is -5.00. The van der Waals surface area contributed by atoms with Crippen LogP contribution in [0.5, 0.6) is 23.0 Å². The van der Waals surface area contributed by atoms with E-state index in [2.05, 4.69) is 0 Å². The molecular weight excluding hydrogens is 616 g/mol. The number of hydrogen-bond acceptors (Lipinski definition) is 15. The number of aliphatic carboxylic acids is 1. The molecule has 6 unspecified atom stereocenters. The van der Waals surface area contributed by atoms with E-state index in [0.717, 1.165) is 19.1 Å². The number of aliphatic hydroxyl groups excluding tert-OH is 3. The maximum atomic E-state index is 12.7. The summed E-state index contributed by atoms with van der Waals surface area (Å²) in [6, 6.07) is 10.9. The Morgan fingerprint density at radius 3 is 2.33 bits per heavy atom. The van der Waals surface area contributed by atoms with Crippen molar-refractivity contribution in [1.82, 2.24) is 0 Å². The third-order valence-electron chi connectivity index (χ3n) is 6.98. The highest BCUT2D eigenvalue weighted by molar-refractivity contribution is 5.82. The Balaban J connectivity index is 1.30. The molecule has 244 valence electrons. The fourth-order valence-electron chi connectivity index (χ4n) is 4.72. The second-order valence-electron chi connectivity index (χ2n) is 10.9. The van der Waals surface area contributed by atoms with Gasteiger partial charge in [0.15, 0.2) is 11.5 Å². The first-order valence-electron chi connectivity index (χ1n) is 13.7. The van der Waals surface area contributed by atoms with Gasteiger partial charge >= 0.3 is 23.2 Å². The van der Waals surface area contributed by atoms with E-state index >= 15 is 0 Å². The fourth-order valence-corrected chi connectivity index (χ4v) is 4.72. The molecule has 4 aromatic rings. The van der Waals surface area contributed by atoms with Crippen molar-refractivity contribution in [3.63, 3.8) is 0 Å². The largest absolute Gasteiger partial charge is 0.504 e. The zero-order valence-corrected chi connectivity index (χ0v) is 23.9. The lowest BCUT2D eigenvalue weighted by atomic mass is 9.98. The van der Waals surface area contributed by atoms with Gasteiger partial charge in [-0.15, -0.1) is 0 Å². The van der Waals surface area contributed by atoms with Crippen molar-refractivity contribution in [3.05, 3.63) is 69.4 Å². The number of phenols is 1. The molecule has 46 heavy (non-hydrogen) atoms. The molecule has 5 rings (SSSR count). The van der Waals surface area contributed by atoms with Crippen LogP contribution in [-0.2, 0) is 19.1 Å². The smallest absolute Gasteiger partial charge is 0.379 e. The van der Waals surface area contributed by atoms with Gasteiger partial charge in [0.2, 0.25) is 12.0 Å². The molecule has 2 aromatic heterocycles. The molecule has 1 fully saturated rings. The molecule has 0 aliphatic carbocycles. The van der Waals surface area contributed by atoms with Crippen LogP contribution in [0.1, 0.15) is 19.8 Å². The number of aromatic hydroxyl groups is 1. The van der Waals surface area contributed by atoms with Crippen molar-refractivity contribution in [1.29, 1.82) is 0 Å². The van der Waals surface area contributed by atoms with Gasteiger partial charge in [0, 0.05) is 29.0 Å². The highest BCUT2D eigenvalue weighted by atomic mass is 16.7. The van der Waals surface area contributed by atoms with Gasteiger partial charge < -0.3 is 58.4 Å². The molecule has 0 spiro atoms. The first-order chi connectivity index (χ1) is 21.7. The fraction of sp³-hybridized carbons (Fsp3) is 0.333. The zero-order valence-electron chi connectivity index (χ0n) is 23.9. The van der Waals surface area contributed by atoms with Crippen LogP contribution in [0.25, 0.3) is 21.9 Å². The molecule has 0 saturated carbocycles. The van der Waals surface area contributed by atoms with Gasteiger partial charge in [-0.1, -0.05) is 0 Å². The van der Waals surface area contributed by atoms with E-state index in [-0.39, 0.29) is 33.8 Å². The van der Waals surface area contributed by atoms with Gasteiger partial charge in [-0.2, -0.15) is 0 Å². The first kappa shape index (κ1) is 32.4. The van der Waals surface area contributed by atoms with Crippen LogP contribution in [0.15, 0.2) is 67.0 Å². The minimum absolute atomic E-state index is 0.0839. The molecule has 16 heteroatoms. The highest BCUT2D eigenvalue weighted by Crippen LogP contribution is 2.35. The van der Waals surface area contributed by atoms with Crippen molar-refractivity contribution in [3.8, 4) is 23.0 Å². The molecule has 6 N–H and O–H groups in total. The maximum absolute atomic E-state index is 12.7. The van der Waals surface area contributed by atoms with E-state index in [1.54, 1.807) is 18.2 Å². The molecule has 1 saturated heterocycles. The van der Waals surface area contributed by atoms with Crippen LogP contribution in [0.2, 0.25) is 0 Å². The topological polar surface area (TPSA) is 253 Å². The normalized spacial score (nSPS) is 22.7. The number of carbonyl (C=O) groups excluding carboxylic acids is 1. The molecule has 0 radical (unpaired) electrons. The lowest BCUT2D eigenvalue weighted by molar-refractivity contribution is -0.278. The van der Waals surface area contributed by atoms with Crippen molar-refractivity contribution in [2.45, 2.75) is 56.1 Å². The number of carboxylic acid groups (broad SMARTS) is 1. The van der Waals surface area contributed by atoms with Crippen LogP contribution in [-0.4, -0.2) is 85.5 Å². The number of aliphatic hydroxyl groups is 4. The number of rotatable bonds is 10. The molecule has 0 amide bonds. The molecular formula is C30H28O16. The number of fused-ring (bicyclic) bond motifs is 2. The van der Waals surface area contributed by atoms with Crippen molar-refractivity contribution in [2.24, 2.45) is 0 Å². The van der Waals surface area contributed by atoms with Crippen LogP contribution in [0.4, 0.5) is 0 Å². The lowest BCUT2D eigenvalue weighted by Crippen LogP contribution is -2.60. The van der Waals surface area contributed by atoms with Gasteiger partial charge in [0.05, 0.1) is 18.4 Å². The second-order valence-corrected chi connectivity index (χ2v) is 10.9. The summed E-state index contributed by atoms with van der Waals surface area (Å²) in [5.41, 5.74) is -3.26. The van der Waals surface area contributed by atoms with E-state index in [0.29, 0.717) is 5.39 Å². The Bertz CT molecular complexity index is 1890. The Morgan fingerprint density at radius 1 is 0.870 bits per heavy atom. The van der Waals surface area contributed by atoms with Gasteiger partial charge in [0.25, 0.3) is 0 Å². The van der Waals surface area contributed by atoms with Gasteiger partial charge in [-0.3, -0.25) is 9.59 Å². The predicted molar refractivity (Wildman–Crippen MR) is 152 cm³/mol. The molecule has 2 aromatic carbocycles. The maximum Gasteiger partial charge on any atom is 0.379 e. The number of carbonyl (C=O) groups is 2. The Kier molecular flexibility index (Phi) is 9.00. The van der Waals surface area contributed by atoms with E-state index in [4.69, 9.17) is 32.9 Å². The summed E-state index contributed by atoms with van der Waals surface area (Å²) < 4.78 is 32.0. The van der Waals surface area contributed by atoms with Crippen LogP contribution in [0.3, 0.4) is 0 Å². The minimum Gasteiger partial charge on any atom is -0.504 e. The summed E-state index contributed by atoms with van der Waals surface area (Å²) in [5.74, 6) is -3.35. The molecule has 6 atom stereocenters. The number of phenolic OH excluding ortho intramolecular Hbond substituents is 1. The van der Waals surface area contributed by atoms with E-state index < -0.39 is 84.7 Å². The zero-order chi connectivity index (χ0) is 33.3. The molecule has 1 aliphatic heterocycles. The second kappa shape index (κ2) is 12.8. The minimum atomic E-state index is -1.92. The number of ether oxygens (including phenoxy) is 4. The SMILES string of the molecule is CC(O)(CC(=O)O)CC(=O)OCC1OC(Oc2cc3oc(=O)c(Oc4ccc5ccc(=O)oc5c4)cc3cc2O)C(O)C(O)C1O. The lowest BCUT2D eigenvalue weighted by Gasteiger charge is -2.40. The van der Waals surface area contributed by atoms with Crippen LogP contribution < -0.4 is 20.7 Å². The molecule has 3 heterocycles. The van der Waals surface area contributed by atoms with E-state index in [1.165, 1.54) is 18.2 Å². The van der Waals surface area contributed by atoms with Crippen molar-refractivity contribution < 1.29 is 68.0 Å².